The van der Waals surface area contributed by atoms with E-state index >= 15 is 0 Å². The van der Waals surface area contributed by atoms with Crippen molar-refractivity contribution in [3.05, 3.63) is 129 Å². The minimum Gasteiger partial charge on any atom is -0.741 e. The van der Waals surface area contributed by atoms with Crippen LogP contribution >= 0.6 is 0 Å². The molecular weight excluding hydrogens is 1230 g/mol. The highest BCUT2D eigenvalue weighted by molar-refractivity contribution is 7.87. The first-order valence-electron chi connectivity index (χ1n) is 22.1. The summed E-state index contributed by atoms with van der Waals surface area (Å²) in [6.45, 7) is 0. The standard InChI is InChI=1S/C41H50N10.4CHF3O3S/c1-42(2)32-11-21-47(22-12-32)37-31-38(48-23-13-33(14-24-48)43(3)4)40(50-27-17-35(18-28-50)45(7)8)41(51-29-19-36(20-30-51)46(9)10)39(37)49-25-15-34(16-26-49)44(5)6;4*2-1(3,4)8(5,6)7/h11-30H,1-10H3;4*(H,5,6,7)/q+4;;;;/p-4. The third kappa shape index (κ3) is 20.6. The van der Waals surface area contributed by atoms with Crippen molar-refractivity contribution in [2.24, 2.45) is 0 Å². The van der Waals surface area contributed by atoms with Crippen molar-refractivity contribution in [1.29, 1.82) is 0 Å². The highest BCUT2D eigenvalue weighted by Gasteiger charge is 2.40. The lowest BCUT2D eigenvalue weighted by Crippen LogP contribution is -2.50. The van der Waals surface area contributed by atoms with Gasteiger partial charge in [0.15, 0.2) is 114 Å². The molecule has 0 aliphatic heterocycles. The fraction of sp³-hybridized carbons (Fsp3) is 0.311. The Kier molecular flexibility index (Phi) is 23.8. The van der Waals surface area contributed by atoms with Gasteiger partial charge in [0.25, 0.3) is 17.1 Å². The van der Waals surface area contributed by atoms with Gasteiger partial charge >= 0.3 is 22.0 Å². The van der Waals surface area contributed by atoms with E-state index in [0.29, 0.717) is 0 Å². The van der Waals surface area contributed by atoms with E-state index in [-0.39, 0.29) is 0 Å². The molecule has 5 heterocycles. The molecule has 0 spiro atoms. The van der Waals surface area contributed by atoms with Crippen LogP contribution < -0.4 is 47.3 Å². The zero-order chi connectivity index (χ0) is 64.4. The summed E-state index contributed by atoms with van der Waals surface area (Å²) in [4.78, 5) is 10.6. The average molecular weight is 1280 g/mol. The molecule has 460 valence electrons. The quantitative estimate of drug-likeness (QED) is 0.0625. The van der Waals surface area contributed by atoms with Gasteiger partial charge in [-0.3, -0.25) is 0 Å². The molecule has 0 amide bonds. The molecule has 5 aromatic heterocycles. The van der Waals surface area contributed by atoms with Crippen LogP contribution in [0.1, 0.15) is 0 Å². The number of pyridine rings is 5. The summed E-state index contributed by atoms with van der Waals surface area (Å²) >= 11 is 0. The van der Waals surface area contributed by atoms with Crippen LogP contribution in [0.4, 0.5) is 81.1 Å². The van der Waals surface area contributed by atoms with Gasteiger partial charge in [-0.25, -0.2) is 42.8 Å². The lowest BCUT2D eigenvalue weighted by atomic mass is 10.1. The molecule has 0 fully saturated rings. The Balaban J connectivity index is 0.000000595. The van der Waals surface area contributed by atoms with E-state index < -0.39 is 62.5 Å². The van der Waals surface area contributed by atoms with Crippen molar-refractivity contribution in [1.82, 2.24) is 0 Å². The molecule has 0 aliphatic rings. The van der Waals surface area contributed by atoms with Crippen LogP contribution in [0.25, 0.3) is 28.4 Å². The summed E-state index contributed by atoms with van der Waals surface area (Å²) in [6, 6.07) is 25.4. The van der Waals surface area contributed by atoms with Crippen LogP contribution in [0.5, 0.6) is 0 Å². The molecule has 38 heteroatoms. The van der Waals surface area contributed by atoms with Crippen molar-refractivity contribution in [2.75, 3.05) is 95.0 Å². The van der Waals surface area contributed by atoms with Crippen molar-refractivity contribution >= 4 is 68.9 Å². The lowest BCUT2D eigenvalue weighted by molar-refractivity contribution is -0.670. The largest absolute Gasteiger partial charge is 0.741 e. The summed E-state index contributed by atoms with van der Waals surface area (Å²) in [6.07, 6.45) is 21.3. The predicted octanol–water partition coefficient (Wildman–Crippen LogP) is 3.41. The molecule has 6 aromatic rings. The molecule has 83 heavy (non-hydrogen) atoms. The molecule has 0 radical (unpaired) electrons. The van der Waals surface area contributed by atoms with Gasteiger partial charge in [-0.05, 0) is 6.07 Å². The van der Waals surface area contributed by atoms with Crippen molar-refractivity contribution in [3.8, 4) is 28.4 Å². The first kappa shape index (κ1) is 71.9. The van der Waals surface area contributed by atoms with E-state index in [0.717, 1.165) is 56.9 Å². The molecule has 0 unspecified atom stereocenters. The average Bonchev–Trinajstić information content (AvgIpc) is 2.07. The topological polar surface area (TPSA) is 264 Å². The number of anilines is 5. The second-order valence-electron chi connectivity index (χ2n) is 17.3. The number of alkyl halides is 12. The van der Waals surface area contributed by atoms with Crippen molar-refractivity contribution in [2.45, 2.75) is 22.0 Å². The Bertz CT molecular complexity index is 3290. The van der Waals surface area contributed by atoms with E-state index in [1.807, 2.05) is 0 Å². The molecule has 6 rings (SSSR count). The third-order valence-electron chi connectivity index (χ3n) is 10.2. The molecule has 22 nitrogen and oxygen atoms in total. The van der Waals surface area contributed by atoms with Crippen LogP contribution in [0.3, 0.4) is 0 Å². The van der Waals surface area contributed by atoms with E-state index in [2.05, 4.69) is 247 Å². The number of halogens is 12. The highest BCUT2D eigenvalue weighted by atomic mass is 32.2. The maximum absolute atomic E-state index is 10.7. The van der Waals surface area contributed by atoms with Gasteiger partial charge in [-0.2, -0.15) is 66.4 Å². The van der Waals surface area contributed by atoms with E-state index in [4.69, 9.17) is 51.9 Å². The molecule has 0 atom stereocenters. The molecule has 0 bridgehead atoms. The monoisotopic (exact) mass is 1280 g/mol. The Morgan fingerprint density at radius 1 is 0.301 bits per heavy atom. The first-order chi connectivity index (χ1) is 37.4. The normalized spacial score (nSPS) is 12.1. The summed E-state index contributed by atoms with van der Waals surface area (Å²) in [5, 5.41) is 0. The maximum atomic E-state index is 10.7. The van der Waals surface area contributed by atoms with Crippen LogP contribution in [-0.2, 0) is 40.5 Å². The molecule has 0 saturated carbocycles. The SMILES string of the molecule is CN(C)c1cc[n+](-c2[c-]c(-[n+]3ccc(N(C)C)cc3)c(-[n+]3ccc(N(C)C)cc3)c(-[n+]3ccc(N(C)C)cc3)c2-[n+]2ccc(N(C)C)cc2)cc1.O=S(=O)([O-])C(F)(F)F.O=S(=O)([O-])C(F)(F)F.O=S(=O)([O-])C(F)(F)F.O=S(=O)([O-])C(F)(F)F. The number of rotatable bonds is 10. The number of hydrogen-bond donors (Lipinski definition) is 0. The van der Waals surface area contributed by atoms with Gasteiger partial charge in [-0.15, -0.1) is 0 Å². The van der Waals surface area contributed by atoms with E-state index in [1.54, 1.807) is 0 Å². The lowest BCUT2D eigenvalue weighted by Gasteiger charge is -2.17. The predicted molar refractivity (Wildman–Crippen MR) is 268 cm³/mol. The molecule has 0 saturated heterocycles. The molecular formula is C45H50F12N10O12S4. The Hall–Kier alpha value is -7.23. The maximum Gasteiger partial charge on any atom is 0.485 e. The summed E-state index contributed by atoms with van der Waals surface area (Å²) in [7, 11) is -3.73. The second kappa shape index (κ2) is 27.4. The molecule has 0 aliphatic carbocycles. The Labute approximate surface area is 468 Å². The van der Waals surface area contributed by atoms with Gasteiger partial charge in [0.05, 0.1) is 0 Å². The van der Waals surface area contributed by atoms with Gasteiger partial charge in [0.1, 0.15) is 0 Å². The van der Waals surface area contributed by atoms with Gasteiger partial charge in [-0.1, -0.05) is 0 Å². The Morgan fingerprint density at radius 2 is 0.434 bits per heavy atom. The van der Waals surface area contributed by atoms with E-state index in [1.165, 1.54) is 0 Å². The number of benzene rings is 1. The minimum atomic E-state index is -6.09. The smallest absolute Gasteiger partial charge is 0.485 e. The third-order valence-corrected chi connectivity index (χ3v) is 12.5. The van der Waals surface area contributed by atoms with Crippen LogP contribution in [0.2, 0.25) is 0 Å². The summed E-state index contributed by atoms with van der Waals surface area (Å²) in [5.74, 6) is 0. The molecule has 1 aromatic carbocycles. The number of aromatic nitrogens is 5. The summed E-state index contributed by atoms with van der Waals surface area (Å²) < 4.78 is 247. The Morgan fingerprint density at radius 3 is 0.566 bits per heavy atom. The van der Waals surface area contributed by atoms with Crippen LogP contribution in [0, 0.1) is 6.07 Å². The fourth-order valence-electron chi connectivity index (χ4n) is 6.00. The highest BCUT2D eigenvalue weighted by Crippen LogP contribution is 2.28. The van der Waals surface area contributed by atoms with Gasteiger partial charge < -0.3 is 42.7 Å². The summed E-state index contributed by atoms with van der Waals surface area (Å²) in [5.41, 5.74) is -12.3. The van der Waals surface area contributed by atoms with E-state index in [9.17, 15) is 52.7 Å². The zero-order valence-electron chi connectivity index (χ0n) is 44.6. The van der Waals surface area contributed by atoms with Crippen LogP contribution in [-0.4, -0.2) is 144 Å². The van der Waals surface area contributed by atoms with Crippen molar-refractivity contribution in [3.63, 3.8) is 0 Å². The van der Waals surface area contributed by atoms with Gasteiger partial charge in [0.2, 0.25) is 0 Å². The minimum absolute atomic E-state index is 0.899. The fourth-order valence-corrected chi connectivity index (χ4v) is 6.00. The zero-order valence-corrected chi connectivity index (χ0v) is 47.9. The molecule has 0 N–H and O–H groups in total. The van der Waals surface area contributed by atoms with Gasteiger partial charge in [0, 0.05) is 160 Å². The number of hydrogen-bond acceptors (Lipinski definition) is 17. The first-order valence-corrected chi connectivity index (χ1v) is 27.7. The second-order valence-corrected chi connectivity index (χ2v) is 22.7. The van der Waals surface area contributed by atoms with Crippen molar-refractivity contribution < 1.29 is 127 Å². The van der Waals surface area contributed by atoms with Crippen LogP contribution in [0.15, 0.2) is 123 Å². The number of nitrogens with zero attached hydrogens (tertiary/aromatic N) is 10.